The zero-order valence-corrected chi connectivity index (χ0v) is 17.3. The summed E-state index contributed by atoms with van der Waals surface area (Å²) in [6.07, 6.45) is 3.53. The summed E-state index contributed by atoms with van der Waals surface area (Å²) in [5, 5.41) is 8.13. The number of hydrogen-bond acceptors (Lipinski definition) is 4. The molecule has 7 nitrogen and oxygen atoms in total. The Bertz CT molecular complexity index is 1280. The van der Waals surface area contributed by atoms with Crippen molar-refractivity contribution >= 4 is 16.9 Å². The highest BCUT2D eigenvalue weighted by molar-refractivity contribution is 5.98. The van der Waals surface area contributed by atoms with Gasteiger partial charge in [0.1, 0.15) is 22.9 Å². The van der Waals surface area contributed by atoms with Crippen LogP contribution in [0.25, 0.3) is 16.7 Å². The third-order valence-electron chi connectivity index (χ3n) is 5.78. The number of rotatable bonds is 3. The molecular formula is C23H21FN6O. The number of H-pyrrole nitrogens is 1. The molecule has 31 heavy (non-hydrogen) atoms. The number of amides is 1. The number of imidazole rings is 1. The molecule has 0 spiro atoms. The number of aromatic nitrogens is 5. The maximum Gasteiger partial charge on any atom is 0.260 e. The van der Waals surface area contributed by atoms with Gasteiger partial charge >= 0.3 is 0 Å². The second-order valence-corrected chi connectivity index (χ2v) is 7.93. The van der Waals surface area contributed by atoms with Crippen molar-refractivity contribution in [3.63, 3.8) is 0 Å². The molecule has 5 rings (SSSR count). The first-order valence-electron chi connectivity index (χ1n) is 10.0. The highest BCUT2D eigenvalue weighted by Gasteiger charge is 2.37. The Morgan fingerprint density at radius 2 is 1.94 bits per heavy atom. The van der Waals surface area contributed by atoms with Crippen molar-refractivity contribution in [2.75, 3.05) is 6.54 Å². The first-order chi connectivity index (χ1) is 14.9. The third-order valence-corrected chi connectivity index (χ3v) is 5.78. The van der Waals surface area contributed by atoms with Crippen LogP contribution in [-0.4, -0.2) is 42.3 Å². The van der Waals surface area contributed by atoms with Crippen molar-refractivity contribution in [1.29, 1.82) is 0 Å². The number of aryl methyl sites for hydroxylation is 2. The molecular weight excluding hydrogens is 395 g/mol. The van der Waals surface area contributed by atoms with E-state index in [0.29, 0.717) is 24.5 Å². The third kappa shape index (κ3) is 3.20. The molecule has 4 aromatic rings. The van der Waals surface area contributed by atoms with E-state index in [1.54, 1.807) is 11.0 Å². The second-order valence-electron chi connectivity index (χ2n) is 7.93. The Labute approximate surface area is 178 Å². The van der Waals surface area contributed by atoms with Gasteiger partial charge in [-0.05, 0) is 55.7 Å². The summed E-state index contributed by atoms with van der Waals surface area (Å²) >= 11 is 0. The standard InChI is InChI=1S/C23H21FN6O/c1-13-9-20(22-27-17-10-14(2)15(3)11-18(17)28-22)29(12-13)23(31)21-16(24)5-4-6-19(21)30-25-7-8-26-30/h4-8,10-11,20H,1,9,12H2,2-3H3,(H,27,28). The number of aromatic amines is 1. The van der Waals surface area contributed by atoms with Gasteiger partial charge in [0.25, 0.3) is 5.91 Å². The summed E-state index contributed by atoms with van der Waals surface area (Å²) in [4.78, 5) is 24.5. The lowest BCUT2D eigenvalue weighted by Gasteiger charge is -2.24. The van der Waals surface area contributed by atoms with Gasteiger partial charge < -0.3 is 9.88 Å². The predicted octanol–water partition coefficient (Wildman–Crippen LogP) is 4.04. The molecule has 0 saturated carbocycles. The number of carbonyl (C=O) groups excluding carboxylic acids is 1. The van der Waals surface area contributed by atoms with Gasteiger partial charge in [-0.1, -0.05) is 18.2 Å². The van der Waals surface area contributed by atoms with Crippen molar-refractivity contribution in [2.24, 2.45) is 0 Å². The molecule has 1 aliphatic rings. The monoisotopic (exact) mass is 416 g/mol. The molecule has 8 heteroatoms. The molecule has 1 N–H and O–H groups in total. The lowest BCUT2D eigenvalue weighted by molar-refractivity contribution is 0.0728. The van der Waals surface area contributed by atoms with Gasteiger partial charge in [0.2, 0.25) is 0 Å². The molecule has 1 fully saturated rings. The Hall–Kier alpha value is -3.81. The molecule has 0 radical (unpaired) electrons. The van der Waals surface area contributed by atoms with Gasteiger partial charge in [-0.3, -0.25) is 4.79 Å². The molecule has 1 saturated heterocycles. The average molecular weight is 416 g/mol. The Kier molecular flexibility index (Phi) is 4.43. The molecule has 1 amide bonds. The lowest BCUT2D eigenvalue weighted by atomic mass is 10.1. The van der Waals surface area contributed by atoms with Crippen LogP contribution in [0.3, 0.4) is 0 Å². The van der Waals surface area contributed by atoms with Crippen LogP contribution in [0.15, 0.2) is 54.9 Å². The number of carbonyl (C=O) groups is 1. The maximum absolute atomic E-state index is 14.9. The molecule has 2 aromatic heterocycles. The fraction of sp³-hybridized carbons (Fsp3) is 0.217. The van der Waals surface area contributed by atoms with Gasteiger partial charge in [0.05, 0.1) is 29.5 Å². The number of nitrogens with zero attached hydrogens (tertiary/aromatic N) is 5. The number of fused-ring (bicyclic) bond motifs is 1. The highest BCUT2D eigenvalue weighted by Crippen LogP contribution is 2.36. The minimum absolute atomic E-state index is 0.0683. The number of likely N-dealkylation sites (tertiary alicyclic amines) is 1. The molecule has 1 unspecified atom stereocenters. The maximum atomic E-state index is 14.9. The van der Waals surface area contributed by atoms with Crippen LogP contribution >= 0.6 is 0 Å². The second kappa shape index (κ2) is 7.16. The van der Waals surface area contributed by atoms with E-state index in [1.165, 1.54) is 29.3 Å². The molecule has 3 heterocycles. The van der Waals surface area contributed by atoms with Crippen molar-refractivity contribution in [1.82, 2.24) is 29.9 Å². The molecule has 1 aliphatic heterocycles. The number of nitrogens with one attached hydrogen (secondary N) is 1. The summed E-state index contributed by atoms with van der Waals surface area (Å²) < 4.78 is 14.9. The van der Waals surface area contributed by atoms with E-state index in [2.05, 4.69) is 27.8 Å². The molecule has 2 aromatic carbocycles. The normalized spacial score (nSPS) is 16.4. The number of hydrogen-bond donors (Lipinski definition) is 1. The van der Waals surface area contributed by atoms with Crippen LogP contribution in [0.1, 0.15) is 39.8 Å². The largest absolute Gasteiger partial charge is 0.340 e. The minimum atomic E-state index is -0.619. The van der Waals surface area contributed by atoms with E-state index in [9.17, 15) is 9.18 Å². The van der Waals surface area contributed by atoms with E-state index in [0.717, 1.165) is 27.7 Å². The van der Waals surface area contributed by atoms with E-state index in [1.807, 2.05) is 19.9 Å². The minimum Gasteiger partial charge on any atom is -0.340 e. The van der Waals surface area contributed by atoms with Gasteiger partial charge in [0, 0.05) is 6.54 Å². The smallest absolute Gasteiger partial charge is 0.260 e. The summed E-state index contributed by atoms with van der Waals surface area (Å²) in [6, 6.07) is 8.16. The van der Waals surface area contributed by atoms with Gasteiger partial charge in [-0.15, -0.1) is 0 Å². The van der Waals surface area contributed by atoms with Crippen LogP contribution in [0, 0.1) is 19.7 Å². The van der Waals surface area contributed by atoms with Crippen molar-refractivity contribution in [2.45, 2.75) is 26.3 Å². The lowest BCUT2D eigenvalue weighted by Crippen LogP contribution is -2.33. The Morgan fingerprint density at radius 3 is 2.71 bits per heavy atom. The van der Waals surface area contributed by atoms with Gasteiger partial charge in [0.15, 0.2) is 0 Å². The van der Waals surface area contributed by atoms with Crippen LogP contribution in [0.4, 0.5) is 4.39 Å². The van der Waals surface area contributed by atoms with Crippen molar-refractivity contribution in [3.8, 4) is 5.69 Å². The van der Waals surface area contributed by atoms with Crippen LogP contribution < -0.4 is 0 Å². The average Bonchev–Trinajstić information content (AvgIpc) is 3.47. The summed E-state index contributed by atoms with van der Waals surface area (Å²) in [5.74, 6) is -0.393. The van der Waals surface area contributed by atoms with E-state index in [4.69, 9.17) is 4.98 Å². The first-order valence-corrected chi connectivity index (χ1v) is 10.0. The quantitative estimate of drug-likeness (QED) is 0.511. The van der Waals surface area contributed by atoms with Crippen LogP contribution in [0.2, 0.25) is 0 Å². The highest BCUT2D eigenvalue weighted by atomic mass is 19.1. The van der Waals surface area contributed by atoms with Crippen molar-refractivity contribution < 1.29 is 9.18 Å². The van der Waals surface area contributed by atoms with Crippen LogP contribution in [0.5, 0.6) is 0 Å². The Morgan fingerprint density at radius 1 is 1.19 bits per heavy atom. The fourth-order valence-corrected chi connectivity index (χ4v) is 4.08. The fourth-order valence-electron chi connectivity index (χ4n) is 4.08. The molecule has 156 valence electrons. The first kappa shape index (κ1) is 19.2. The predicted molar refractivity (Wildman–Crippen MR) is 114 cm³/mol. The zero-order chi connectivity index (χ0) is 21.7. The van der Waals surface area contributed by atoms with Crippen LogP contribution in [-0.2, 0) is 0 Å². The number of halogens is 1. The number of benzene rings is 2. The summed E-state index contributed by atoms with van der Waals surface area (Å²) in [6.45, 7) is 8.49. The van der Waals surface area contributed by atoms with E-state index < -0.39 is 11.7 Å². The zero-order valence-electron chi connectivity index (χ0n) is 17.3. The van der Waals surface area contributed by atoms with Crippen molar-refractivity contribution in [3.05, 3.63) is 83.2 Å². The van der Waals surface area contributed by atoms with E-state index >= 15 is 0 Å². The van der Waals surface area contributed by atoms with Gasteiger partial charge in [-0.25, -0.2) is 9.37 Å². The Balaban J connectivity index is 1.57. The van der Waals surface area contributed by atoms with E-state index in [-0.39, 0.29) is 11.6 Å². The molecule has 0 bridgehead atoms. The topological polar surface area (TPSA) is 79.7 Å². The summed E-state index contributed by atoms with van der Waals surface area (Å²) in [7, 11) is 0. The SMILES string of the molecule is C=C1CC(c2nc3cc(C)c(C)cc3[nH]2)N(C(=O)c2c(F)cccc2-n2nccn2)C1. The van der Waals surface area contributed by atoms with Gasteiger partial charge in [-0.2, -0.15) is 15.0 Å². The summed E-state index contributed by atoms with van der Waals surface area (Å²) in [5.41, 5.74) is 5.18. The molecule has 1 atom stereocenters. The molecule has 0 aliphatic carbocycles.